The molecule has 1 amide bonds. The van der Waals surface area contributed by atoms with E-state index in [-0.39, 0.29) is 11.7 Å². The van der Waals surface area contributed by atoms with E-state index in [9.17, 15) is 9.18 Å². The van der Waals surface area contributed by atoms with Gasteiger partial charge in [-0.05, 0) is 50.5 Å². The SMILES string of the molecule is Cc1nccc(N2CCC[C@@](C)(C(=O)NCc3ccc(F)cc3)C2)n1. The van der Waals surface area contributed by atoms with Crippen molar-refractivity contribution in [2.24, 2.45) is 5.41 Å². The average molecular weight is 342 g/mol. The molecule has 1 aliphatic heterocycles. The Labute approximate surface area is 147 Å². The van der Waals surface area contributed by atoms with Gasteiger partial charge < -0.3 is 10.2 Å². The third-order valence-electron chi connectivity index (χ3n) is 4.70. The fourth-order valence-corrected chi connectivity index (χ4v) is 3.24. The number of anilines is 1. The van der Waals surface area contributed by atoms with E-state index >= 15 is 0 Å². The maximum Gasteiger partial charge on any atom is 0.227 e. The molecule has 5 nitrogen and oxygen atoms in total. The predicted octanol–water partition coefficient (Wildman–Crippen LogP) is 2.85. The zero-order valence-corrected chi connectivity index (χ0v) is 14.6. The summed E-state index contributed by atoms with van der Waals surface area (Å²) >= 11 is 0. The zero-order valence-electron chi connectivity index (χ0n) is 14.6. The van der Waals surface area contributed by atoms with Crippen LogP contribution in [0.5, 0.6) is 0 Å². The van der Waals surface area contributed by atoms with Crippen molar-refractivity contribution in [1.29, 1.82) is 0 Å². The number of aromatic nitrogens is 2. The normalized spacial score (nSPS) is 20.4. The molecule has 1 aromatic carbocycles. The molecule has 1 fully saturated rings. The van der Waals surface area contributed by atoms with Crippen LogP contribution in [0.15, 0.2) is 36.5 Å². The maximum atomic E-state index is 13.0. The molecule has 1 aromatic heterocycles. The van der Waals surface area contributed by atoms with Crippen molar-refractivity contribution in [2.45, 2.75) is 33.2 Å². The second-order valence-corrected chi connectivity index (χ2v) is 6.86. The number of piperidine rings is 1. The largest absolute Gasteiger partial charge is 0.355 e. The Morgan fingerprint density at radius 3 is 2.80 bits per heavy atom. The van der Waals surface area contributed by atoms with Crippen molar-refractivity contribution in [3.63, 3.8) is 0 Å². The molecule has 2 aromatic rings. The Hall–Kier alpha value is -2.50. The summed E-state index contributed by atoms with van der Waals surface area (Å²) in [5.41, 5.74) is 0.411. The third-order valence-corrected chi connectivity index (χ3v) is 4.70. The first kappa shape index (κ1) is 17.3. The van der Waals surface area contributed by atoms with Gasteiger partial charge in [-0.25, -0.2) is 14.4 Å². The number of carbonyl (C=O) groups is 1. The molecule has 3 rings (SSSR count). The summed E-state index contributed by atoms with van der Waals surface area (Å²) in [7, 11) is 0. The molecule has 0 aliphatic carbocycles. The number of rotatable bonds is 4. The van der Waals surface area contributed by atoms with E-state index < -0.39 is 5.41 Å². The first-order valence-corrected chi connectivity index (χ1v) is 8.54. The summed E-state index contributed by atoms with van der Waals surface area (Å²) in [6.45, 7) is 5.77. The molecule has 1 aliphatic rings. The lowest BCUT2D eigenvalue weighted by Gasteiger charge is -2.40. The van der Waals surface area contributed by atoms with Crippen LogP contribution in [0.4, 0.5) is 10.2 Å². The van der Waals surface area contributed by atoms with E-state index in [1.54, 1.807) is 18.3 Å². The smallest absolute Gasteiger partial charge is 0.227 e. The Kier molecular flexibility index (Phi) is 4.97. The second kappa shape index (κ2) is 7.17. The molecule has 132 valence electrons. The van der Waals surface area contributed by atoms with E-state index in [0.29, 0.717) is 13.1 Å². The van der Waals surface area contributed by atoms with Crippen LogP contribution in [0.1, 0.15) is 31.2 Å². The molecular formula is C19H23FN4O. The summed E-state index contributed by atoms with van der Waals surface area (Å²) in [6.07, 6.45) is 3.52. The molecule has 0 radical (unpaired) electrons. The van der Waals surface area contributed by atoms with Crippen molar-refractivity contribution in [3.05, 3.63) is 53.7 Å². The third kappa shape index (κ3) is 4.13. The molecule has 0 bridgehead atoms. The number of halogens is 1. The molecule has 1 N–H and O–H groups in total. The van der Waals surface area contributed by atoms with Gasteiger partial charge in [-0.2, -0.15) is 0 Å². The van der Waals surface area contributed by atoms with Crippen LogP contribution in [0.25, 0.3) is 0 Å². The summed E-state index contributed by atoms with van der Waals surface area (Å²) in [5, 5.41) is 2.99. The van der Waals surface area contributed by atoms with Gasteiger partial charge in [-0.3, -0.25) is 4.79 Å². The molecule has 2 heterocycles. The highest BCUT2D eigenvalue weighted by atomic mass is 19.1. The van der Waals surface area contributed by atoms with E-state index in [0.717, 1.165) is 36.6 Å². The van der Waals surface area contributed by atoms with Crippen molar-refractivity contribution in [1.82, 2.24) is 15.3 Å². The van der Waals surface area contributed by atoms with Gasteiger partial charge in [0, 0.05) is 25.8 Å². The minimum Gasteiger partial charge on any atom is -0.355 e. The van der Waals surface area contributed by atoms with Crippen LogP contribution in [0.2, 0.25) is 0 Å². The fourth-order valence-electron chi connectivity index (χ4n) is 3.24. The fraction of sp³-hybridized carbons (Fsp3) is 0.421. The summed E-state index contributed by atoms with van der Waals surface area (Å²) in [6, 6.07) is 8.07. The number of aryl methyl sites for hydroxylation is 1. The van der Waals surface area contributed by atoms with Gasteiger partial charge in [0.15, 0.2) is 0 Å². The van der Waals surface area contributed by atoms with Crippen molar-refractivity contribution in [2.75, 3.05) is 18.0 Å². The van der Waals surface area contributed by atoms with Crippen LogP contribution in [-0.4, -0.2) is 29.0 Å². The van der Waals surface area contributed by atoms with Gasteiger partial charge in [0.25, 0.3) is 0 Å². The van der Waals surface area contributed by atoms with Crippen molar-refractivity contribution < 1.29 is 9.18 Å². The van der Waals surface area contributed by atoms with Gasteiger partial charge in [-0.1, -0.05) is 12.1 Å². The van der Waals surface area contributed by atoms with Gasteiger partial charge in [0.2, 0.25) is 5.91 Å². The van der Waals surface area contributed by atoms with Crippen LogP contribution in [0.3, 0.4) is 0 Å². The monoisotopic (exact) mass is 342 g/mol. The van der Waals surface area contributed by atoms with E-state index in [1.807, 2.05) is 19.9 Å². The number of hydrogen-bond acceptors (Lipinski definition) is 4. The van der Waals surface area contributed by atoms with Crippen LogP contribution >= 0.6 is 0 Å². The summed E-state index contributed by atoms with van der Waals surface area (Å²) < 4.78 is 13.0. The Bertz CT molecular complexity index is 749. The van der Waals surface area contributed by atoms with E-state index in [4.69, 9.17) is 0 Å². The first-order valence-electron chi connectivity index (χ1n) is 8.54. The standard InChI is InChI=1S/C19H23FN4O/c1-14-21-10-8-17(23-14)24-11-3-9-19(2,13-24)18(25)22-12-15-4-6-16(20)7-5-15/h4-8,10H,3,9,11-13H2,1-2H3,(H,22,25)/t19-/m1/s1. The Balaban J connectivity index is 1.65. The number of nitrogens with zero attached hydrogens (tertiary/aromatic N) is 3. The molecule has 0 spiro atoms. The number of benzene rings is 1. The van der Waals surface area contributed by atoms with Gasteiger partial charge in [-0.15, -0.1) is 0 Å². The second-order valence-electron chi connectivity index (χ2n) is 6.86. The highest BCUT2D eigenvalue weighted by Gasteiger charge is 2.38. The molecule has 6 heteroatoms. The zero-order chi connectivity index (χ0) is 17.9. The van der Waals surface area contributed by atoms with Gasteiger partial charge in [0.05, 0.1) is 5.41 Å². The lowest BCUT2D eigenvalue weighted by Crippen LogP contribution is -2.50. The van der Waals surface area contributed by atoms with Crippen LogP contribution in [0, 0.1) is 18.2 Å². The summed E-state index contributed by atoms with van der Waals surface area (Å²) in [4.78, 5) is 23.5. The van der Waals surface area contributed by atoms with Gasteiger partial charge >= 0.3 is 0 Å². The lowest BCUT2D eigenvalue weighted by atomic mass is 9.81. The number of carbonyl (C=O) groups excluding carboxylic acids is 1. The minimum absolute atomic E-state index is 0.0207. The quantitative estimate of drug-likeness (QED) is 0.928. The maximum absolute atomic E-state index is 13.0. The molecular weight excluding hydrogens is 319 g/mol. The topological polar surface area (TPSA) is 58.1 Å². The molecule has 1 atom stereocenters. The molecule has 25 heavy (non-hydrogen) atoms. The minimum atomic E-state index is -0.475. The number of amides is 1. The highest BCUT2D eigenvalue weighted by molar-refractivity contribution is 5.83. The molecule has 0 saturated carbocycles. The number of nitrogens with one attached hydrogen (secondary N) is 1. The highest BCUT2D eigenvalue weighted by Crippen LogP contribution is 2.32. The van der Waals surface area contributed by atoms with Crippen LogP contribution < -0.4 is 10.2 Å². The summed E-state index contributed by atoms with van der Waals surface area (Å²) in [5.74, 6) is 1.34. The van der Waals surface area contributed by atoms with Crippen molar-refractivity contribution >= 4 is 11.7 Å². The predicted molar refractivity (Wildman–Crippen MR) is 94.6 cm³/mol. The van der Waals surface area contributed by atoms with E-state index in [1.165, 1.54) is 12.1 Å². The number of hydrogen-bond donors (Lipinski definition) is 1. The van der Waals surface area contributed by atoms with Crippen LogP contribution in [-0.2, 0) is 11.3 Å². The average Bonchev–Trinajstić information content (AvgIpc) is 2.61. The lowest BCUT2D eigenvalue weighted by molar-refractivity contribution is -0.130. The van der Waals surface area contributed by atoms with E-state index in [2.05, 4.69) is 20.2 Å². The molecule has 0 unspecified atom stereocenters. The van der Waals surface area contributed by atoms with Crippen molar-refractivity contribution in [3.8, 4) is 0 Å². The van der Waals surface area contributed by atoms with Gasteiger partial charge in [0.1, 0.15) is 17.5 Å². The Morgan fingerprint density at radius 1 is 1.32 bits per heavy atom. The molecule has 1 saturated heterocycles. The Morgan fingerprint density at radius 2 is 2.08 bits per heavy atom. The first-order chi connectivity index (χ1) is 12.0.